The van der Waals surface area contributed by atoms with Crippen molar-refractivity contribution in [2.75, 3.05) is 5.32 Å². The van der Waals surface area contributed by atoms with Crippen LogP contribution in [-0.2, 0) is 10.3 Å². The van der Waals surface area contributed by atoms with E-state index in [1.54, 1.807) is 6.92 Å². The minimum absolute atomic E-state index is 0.298. The second-order valence-electron chi connectivity index (χ2n) is 3.35. The minimum Gasteiger partial charge on any atom is -0.324 e. The molecule has 1 aromatic carbocycles. The number of halogens is 1. The number of carbonyl (C=O) groups is 1. The molecule has 0 saturated heterocycles. The monoisotopic (exact) mass is 180 g/mol. The summed E-state index contributed by atoms with van der Waals surface area (Å²) in [6, 6.07) is 4.09. The Balaban J connectivity index is 2.64. The van der Waals surface area contributed by atoms with Gasteiger partial charge < -0.3 is 11.1 Å². The van der Waals surface area contributed by atoms with E-state index in [1.807, 2.05) is 0 Å². The molecular weight excluding hydrogens is 171 g/mol. The van der Waals surface area contributed by atoms with Crippen molar-refractivity contribution in [1.82, 2.24) is 0 Å². The summed E-state index contributed by atoms with van der Waals surface area (Å²) in [4.78, 5) is 11.3. The van der Waals surface area contributed by atoms with Crippen LogP contribution in [0.3, 0.4) is 0 Å². The molecule has 0 aliphatic carbocycles. The fraction of sp³-hybridized carbons (Fsp3) is 0.222. The minimum atomic E-state index is -1.11. The summed E-state index contributed by atoms with van der Waals surface area (Å²) in [6.45, 7) is 1.56. The molecule has 0 bridgehead atoms. The Bertz CT molecular complexity index is 387. The second kappa shape index (κ2) is 2.29. The number of hydrogen-bond donors (Lipinski definition) is 2. The van der Waals surface area contributed by atoms with Crippen LogP contribution in [-0.4, -0.2) is 5.91 Å². The number of fused-ring (bicyclic) bond motifs is 1. The molecule has 1 amide bonds. The molecule has 1 aliphatic rings. The Labute approximate surface area is 74.7 Å². The fourth-order valence-corrected chi connectivity index (χ4v) is 1.43. The topological polar surface area (TPSA) is 55.1 Å². The van der Waals surface area contributed by atoms with Gasteiger partial charge in [0.05, 0.1) is 0 Å². The van der Waals surface area contributed by atoms with Crippen LogP contribution >= 0.6 is 0 Å². The SMILES string of the molecule is CC1(N)C(=O)Nc2ccc(F)cc21. The van der Waals surface area contributed by atoms with Crippen LogP contribution in [0.1, 0.15) is 12.5 Å². The van der Waals surface area contributed by atoms with Gasteiger partial charge in [0, 0.05) is 11.3 Å². The van der Waals surface area contributed by atoms with Gasteiger partial charge in [0.1, 0.15) is 11.4 Å². The van der Waals surface area contributed by atoms with E-state index in [4.69, 9.17) is 5.73 Å². The quantitative estimate of drug-likeness (QED) is 0.624. The van der Waals surface area contributed by atoms with Crippen LogP contribution in [0.25, 0.3) is 0 Å². The third-order valence-electron chi connectivity index (χ3n) is 2.26. The van der Waals surface area contributed by atoms with Crippen molar-refractivity contribution in [2.24, 2.45) is 5.73 Å². The standard InChI is InChI=1S/C9H9FN2O/c1-9(11)6-4-5(10)2-3-7(6)12-8(9)13/h2-4H,11H2,1H3,(H,12,13). The number of hydrogen-bond acceptors (Lipinski definition) is 2. The lowest BCUT2D eigenvalue weighted by atomic mass is 9.95. The first-order chi connectivity index (χ1) is 6.01. The van der Waals surface area contributed by atoms with Crippen molar-refractivity contribution in [3.05, 3.63) is 29.6 Å². The zero-order chi connectivity index (χ0) is 9.64. The smallest absolute Gasteiger partial charge is 0.248 e. The predicted octanol–water partition coefficient (Wildman–Crippen LogP) is 0.952. The van der Waals surface area contributed by atoms with Crippen molar-refractivity contribution in [1.29, 1.82) is 0 Å². The largest absolute Gasteiger partial charge is 0.324 e. The van der Waals surface area contributed by atoms with Gasteiger partial charge in [0.2, 0.25) is 5.91 Å². The van der Waals surface area contributed by atoms with Crippen LogP contribution in [0.15, 0.2) is 18.2 Å². The first-order valence-electron chi connectivity index (χ1n) is 3.92. The summed E-state index contributed by atoms with van der Waals surface area (Å²) in [6.07, 6.45) is 0. The fourth-order valence-electron chi connectivity index (χ4n) is 1.43. The van der Waals surface area contributed by atoms with Crippen LogP contribution < -0.4 is 11.1 Å². The van der Waals surface area contributed by atoms with Crippen molar-refractivity contribution in [3.63, 3.8) is 0 Å². The summed E-state index contributed by atoms with van der Waals surface area (Å²) in [5.74, 6) is -0.681. The molecule has 0 fully saturated rings. The third-order valence-corrected chi connectivity index (χ3v) is 2.26. The van der Waals surface area contributed by atoms with E-state index in [1.165, 1.54) is 18.2 Å². The molecule has 3 nitrogen and oxygen atoms in total. The Morgan fingerprint density at radius 2 is 2.23 bits per heavy atom. The normalized spacial score (nSPS) is 25.6. The van der Waals surface area contributed by atoms with Crippen LogP contribution in [0, 0.1) is 5.82 Å². The van der Waals surface area contributed by atoms with Crippen molar-refractivity contribution < 1.29 is 9.18 Å². The highest BCUT2D eigenvalue weighted by Crippen LogP contribution is 2.33. The number of anilines is 1. The number of nitrogens with one attached hydrogen (secondary N) is 1. The molecule has 1 unspecified atom stereocenters. The van der Waals surface area contributed by atoms with Gasteiger partial charge in [0.15, 0.2) is 0 Å². The molecule has 0 radical (unpaired) electrons. The Hall–Kier alpha value is -1.42. The van der Waals surface area contributed by atoms with Crippen LogP contribution in [0.2, 0.25) is 0 Å². The van der Waals surface area contributed by atoms with Crippen LogP contribution in [0.4, 0.5) is 10.1 Å². The van der Waals surface area contributed by atoms with E-state index in [9.17, 15) is 9.18 Å². The van der Waals surface area contributed by atoms with E-state index < -0.39 is 5.54 Å². The molecule has 0 aromatic heterocycles. The van der Waals surface area contributed by atoms with E-state index in [0.717, 1.165) is 0 Å². The first-order valence-corrected chi connectivity index (χ1v) is 3.92. The number of carbonyl (C=O) groups excluding carboxylic acids is 1. The van der Waals surface area contributed by atoms with Gasteiger partial charge in [-0.15, -0.1) is 0 Å². The van der Waals surface area contributed by atoms with Gasteiger partial charge in [-0.1, -0.05) is 0 Å². The van der Waals surface area contributed by atoms with Crippen molar-refractivity contribution in [3.8, 4) is 0 Å². The van der Waals surface area contributed by atoms with Crippen molar-refractivity contribution in [2.45, 2.75) is 12.5 Å². The molecule has 0 spiro atoms. The molecule has 2 rings (SSSR count). The summed E-state index contributed by atoms with van der Waals surface area (Å²) in [7, 11) is 0. The highest BCUT2D eigenvalue weighted by Gasteiger charge is 2.39. The van der Waals surface area contributed by atoms with E-state index in [0.29, 0.717) is 11.3 Å². The molecule has 0 saturated carbocycles. The van der Waals surface area contributed by atoms with Gasteiger partial charge in [-0.25, -0.2) is 4.39 Å². The zero-order valence-electron chi connectivity index (χ0n) is 7.10. The summed E-state index contributed by atoms with van der Waals surface area (Å²) in [5.41, 5.74) is 5.71. The molecule has 13 heavy (non-hydrogen) atoms. The third kappa shape index (κ3) is 1.02. The lowest BCUT2D eigenvalue weighted by molar-refractivity contribution is -0.120. The molecule has 1 aromatic rings. The van der Waals surface area contributed by atoms with E-state index in [-0.39, 0.29) is 11.7 Å². The van der Waals surface area contributed by atoms with Crippen LogP contribution in [0.5, 0.6) is 0 Å². The maximum atomic E-state index is 12.8. The molecule has 1 heterocycles. The summed E-state index contributed by atoms with van der Waals surface area (Å²) < 4.78 is 12.8. The van der Waals surface area contributed by atoms with E-state index in [2.05, 4.69) is 5.32 Å². The maximum absolute atomic E-state index is 12.8. The highest BCUT2D eigenvalue weighted by molar-refractivity contribution is 6.05. The number of amides is 1. The number of nitrogens with two attached hydrogens (primary N) is 1. The Morgan fingerprint density at radius 3 is 2.92 bits per heavy atom. The summed E-state index contributed by atoms with van der Waals surface area (Å²) in [5, 5.41) is 2.58. The second-order valence-corrected chi connectivity index (χ2v) is 3.35. The molecule has 68 valence electrons. The Kier molecular flexibility index (Phi) is 1.44. The van der Waals surface area contributed by atoms with Gasteiger partial charge >= 0.3 is 0 Å². The van der Waals surface area contributed by atoms with Gasteiger partial charge in [0.25, 0.3) is 0 Å². The lowest BCUT2D eigenvalue weighted by Crippen LogP contribution is -2.40. The number of rotatable bonds is 0. The van der Waals surface area contributed by atoms with Crippen molar-refractivity contribution >= 4 is 11.6 Å². The Morgan fingerprint density at radius 1 is 1.54 bits per heavy atom. The summed E-state index contributed by atoms with van der Waals surface area (Å²) >= 11 is 0. The average molecular weight is 180 g/mol. The molecule has 1 aliphatic heterocycles. The molecular formula is C9H9FN2O. The highest BCUT2D eigenvalue weighted by atomic mass is 19.1. The zero-order valence-corrected chi connectivity index (χ0v) is 7.10. The first kappa shape index (κ1) is 8.19. The molecule has 1 atom stereocenters. The average Bonchev–Trinajstić information content (AvgIpc) is 2.27. The van der Waals surface area contributed by atoms with Gasteiger partial charge in [-0.05, 0) is 25.1 Å². The predicted molar refractivity (Wildman–Crippen MR) is 46.6 cm³/mol. The molecule has 4 heteroatoms. The molecule has 3 N–H and O–H groups in total. The van der Waals surface area contributed by atoms with Gasteiger partial charge in [-0.3, -0.25) is 4.79 Å². The number of benzene rings is 1. The maximum Gasteiger partial charge on any atom is 0.248 e. The lowest BCUT2D eigenvalue weighted by Gasteiger charge is -2.14. The van der Waals surface area contributed by atoms with E-state index >= 15 is 0 Å². The van der Waals surface area contributed by atoms with Gasteiger partial charge in [-0.2, -0.15) is 0 Å².